The molecule has 3 amide bonds. The number of hydrogen-bond acceptors (Lipinski definition) is 16. The van der Waals surface area contributed by atoms with Gasteiger partial charge in [-0.3, -0.25) is 29.5 Å². The molecule has 4 N–H and O–H groups in total. The number of amides is 3. The Bertz CT molecular complexity index is 3510. The number of aromatic nitrogens is 4. The van der Waals surface area contributed by atoms with Crippen molar-refractivity contribution in [1.29, 1.82) is 0 Å². The third-order valence-electron chi connectivity index (χ3n) is 15.7. The van der Waals surface area contributed by atoms with Gasteiger partial charge in [0.2, 0.25) is 11.8 Å². The van der Waals surface area contributed by atoms with E-state index in [1.165, 1.54) is 81.4 Å². The van der Waals surface area contributed by atoms with Gasteiger partial charge in [-0.05, 0) is 139 Å². The molecule has 0 bridgehead atoms. The second-order valence-corrected chi connectivity index (χ2v) is 33.7. The first-order valence-electron chi connectivity index (χ1n) is 27.6. The fourth-order valence-corrected chi connectivity index (χ4v) is 14.1. The molecule has 2 aromatic heterocycles. The van der Waals surface area contributed by atoms with Crippen LogP contribution in [0.4, 0.5) is 34.0 Å². The van der Waals surface area contributed by atoms with E-state index in [0.717, 1.165) is 12.2 Å². The Morgan fingerprint density at radius 1 is 0.805 bits per heavy atom. The summed E-state index contributed by atoms with van der Waals surface area (Å²) in [5.74, 6) is -2.81. The molecule has 3 aliphatic heterocycles. The van der Waals surface area contributed by atoms with Crippen LogP contribution >= 0.6 is 46.1 Å². The quantitative estimate of drug-likeness (QED) is 0.0283. The highest BCUT2D eigenvalue weighted by Crippen LogP contribution is 2.67. The van der Waals surface area contributed by atoms with E-state index < -0.39 is 81.9 Å². The predicted molar refractivity (Wildman–Crippen MR) is 343 cm³/mol. The monoisotopic (exact) mass is 1360 g/mol. The molecular weight excluding hydrogens is 1290 g/mol. The highest BCUT2D eigenvalue weighted by Gasteiger charge is 2.72. The van der Waals surface area contributed by atoms with E-state index in [1.54, 1.807) is 76.5 Å². The van der Waals surface area contributed by atoms with Gasteiger partial charge in [0.15, 0.2) is 22.0 Å². The first kappa shape index (κ1) is 68.2. The van der Waals surface area contributed by atoms with Crippen molar-refractivity contribution < 1.29 is 50.7 Å². The maximum atomic E-state index is 15.9. The average molecular weight is 1370 g/mol. The minimum atomic E-state index is -1.39. The van der Waals surface area contributed by atoms with E-state index in [9.17, 15) is 27.6 Å². The van der Waals surface area contributed by atoms with Crippen molar-refractivity contribution in [1.82, 2.24) is 35.5 Å². The van der Waals surface area contributed by atoms with Gasteiger partial charge in [-0.25, -0.2) is 27.3 Å². The van der Waals surface area contributed by atoms with Crippen molar-refractivity contribution in [3.8, 4) is 0 Å². The highest BCUT2D eigenvalue weighted by atomic mass is 127. The highest BCUT2D eigenvalue weighted by molar-refractivity contribution is 14.1. The van der Waals surface area contributed by atoms with Crippen LogP contribution in [0.3, 0.4) is 0 Å². The molecule has 0 unspecified atom stereocenters. The van der Waals surface area contributed by atoms with E-state index >= 15 is 4.39 Å². The van der Waals surface area contributed by atoms with E-state index in [2.05, 4.69) is 64.9 Å². The van der Waals surface area contributed by atoms with Crippen LogP contribution in [0.15, 0.2) is 75.3 Å². The number of halogens is 5. The van der Waals surface area contributed by atoms with Gasteiger partial charge in [-0.15, -0.1) is 9.97 Å². The Morgan fingerprint density at radius 3 is 1.79 bits per heavy atom. The Kier molecular flexibility index (Phi) is 20.4. The maximum absolute atomic E-state index is 15.9. The summed E-state index contributed by atoms with van der Waals surface area (Å²) in [7, 11) is 1.04. The molecule has 5 heterocycles. The number of ether oxygens (including phenoxy) is 2. The second kappa shape index (κ2) is 26.0. The predicted octanol–water partition coefficient (Wildman–Crippen LogP) is 11.6. The van der Waals surface area contributed by atoms with Crippen LogP contribution in [0.1, 0.15) is 103 Å². The molecule has 2 aromatic carbocycles. The largest absolute Gasteiger partial charge is 0.494 e. The number of aliphatic imine (C=N–C) groups is 2. The van der Waals surface area contributed by atoms with Crippen LogP contribution in [0.2, 0.25) is 25.7 Å². The standard InChI is InChI=1S/C31H49BFN3O6SSi.C21H18F2N6OS.C7H3FIN3/c1-27(2,3)40-26(38)36(19-39-15-16-44(10,11)12)25-35-30(8,23-18-31(23,43-25)24(37)34-9)21-17-20(13-14-22(21)33)32-41-28(4,5)29(6,7)42-32;1-20(16-8-21(16,18(30)26-3)31-19(24)29-20)12-6-11(4-5-13(12)22)7-14(23)15-9-28-17(25-2)10-27-15;1-10-7-4-11-6(3-12-7)5(8)2-9/h13-14,17,23H,15-16,18-19H2,1-12H3,(H,34,37);4-7,9-10,16H,8H2,1,3H3,(H2,24,29)(H,26,30);2-4H/b;14-7-;5-2-/t23-,30+,31-;16-,20+,21-;/m00./s1. The van der Waals surface area contributed by atoms with E-state index in [1.807, 2.05) is 34.6 Å². The summed E-state index contributed by atoms with van der Waals surface area (Å²) >= 11 is 4.19. The first-order valence-corrected chi connectivity index (χ1v) is 34.2. The van der Waals surface area contributed by atoms with Crippen molar-refractivity contribution in [3.05, 3.63) is 128 Å². The average Bonchev–Trinajstić information content (AvgIpc) is 1.54. The topological polar surface area (TPSA) is 226 Å². The molecule has 19 nitrogen and oxygen atoms in total. The lowest BCUT2D eigenvalue weighted by molar-refractivity contribution is -0.122. The van der Waals surface area contributed by atoms with Gasteiger partial charge >= 0.3 is 13.2 Å². The van der Waals surface area contributed by atoms with Crippen molar-refractivity contribution in [2.75, 3.05) is 27.4 Å². The van der Waals surface area contributed by atoms with Gasteiger partial charge in [0.1, 0.15) is 57.2 Å². The molecule has 6 atom stereocenters. The van der Waals surface area contributed by atoms with E-state index in [-0.39, 0.29) is 69.3 Å². The van der Waals surface area contributed by atoms with Crippen LogP contribution in [0.5, 0.6) is 0 Å². The zero-order chi connectivity index (χ0) is 64.5. The van der Waals surface area contributed by atoms with Crippen molar-refractivity contribution >= 4 is 124 Å². The fourth-order valence-electron chi connectivity index (χ4n) is 10.0. The Hall–Kier alpha value is -6.28. The second-order valence-electron chi connectivity index (χ2n) is 24.8. The Morgan fingerprint density at radius 2 is 1.31 bits per heavy atom. The number of hydrogen-bond donors (Lipinski definition) is 3. The summed E-state index contributed by atoms with van der Waals surface area (Å²) in [6.07, 6.45) is 6.34. The molecule has 0 spiro atoms. The SMILES string of the molecule is CNC(=O)[C@]12C[C@H]1[C@@](C)(c1cc(B3OC(C)(C)C(C)(C)O3)ccc1F)N=C(N(COCC[Si](C)(C)C)C(=O)OC(C)(C)C)S2.[C-]#[N+]c1cnc(/C(F)=C/I)cn1.[C-]#[N+]c1cnc(/C(F)=C/c2ccc(F)c([C@@]3(C)N=C(N)S[C@@]4(C(=O)NC)C[C@H]43)c2)cn1. The zero-order valence-corrected chi connectivity index (χ0v) is 55.7. The van der Waals surface area contributed by atoms with Gasteiger partial charge in [-0.2, -0.15) is 0 Å². The molecule has 5 aliphatic rings. The smallest absolute Gasteiger partial charge is 0.443 e. The van der Waals surface area contributed by atoms with Gasteiger partial charge < -0.3 is 44.8 Å². The molecule has 2 saturated carbocycles. The number of nitrogens with one attached hydrogen (secondary N) is 2. The molecule has 1 saturated heterocycles. The zero-order valence-electron chi connectivity index (χ0n) is 50.9. The van der Waals surface area contributed by atoms with Gasteiger partial charge in [0.25, 0.3) is 11.6 Å². The molecule has 87 heavy (non-hydrogen) atoms. The minimum absolute atomic E-state index is 0.0401. The fraction of sp³-hybridized carbons (Fsp3) is 0.475. The number of carbonyl (C=O) groups excluding carboxylic acids is 3. The van der Waals surface area contributed by atoms with E-state index in [4.69, 9.17) is 42.7 Å². The van der Waals surface area contributed by atoms with Crippen LogP contribution in [0.25, 0.3) is 27.4 Å². The lowest BCUT2D eigenvalue weighted by atomic mass is 9.75. The summed E-state index contributed by atoms with van der Waals surface area (Å²) in [6.45, 7) is 37.4. The molecule has 9 rings (SSSR count). The lowest BCUT2D eigenvalue weighted by Gasteiger charge is -2.37. The molecular formula is C59H70BF4IN12O7S2Si. The summed E-state index contributed by atoms with van der Waals surface area (Å²) in [5, 5.41) is 5.90. The maximum Gasteiger partial charge on any atom is 0.494 e. The Labute approximate surface area is 528 Å². The van der Waals surface area contributed by atoms with E-state index in [0.29, 0.717) is 36.0 Å². The van der Waals surface area contributed by atoms with Crippen LogP contribution in [-0.4, -0.2) is 122 Å². The number of benzene rings is 2. The van der Waals surface area contributed by atoms with Crippen LogP contribution < -0.4 is 21.8 Å². The van der Waals surface area contributed by atoms with Gasteiger partial charge in [0.05, 0.1) is 34.7 Å². The number of amidine groups is 2. The Balaban J connectivity index is 0.000000216. The summed E-state index contributed by atoms with van der Waals surface area (Å²) in [4.78, 5) is 71.6. The number of rotatable bonds is 13. The summed E-state index contributed by atoms with van der Waals surface area (Å²) in [6, 6.07) is 9.88. The van der Waals surface area contributed by atoms with Crippen molar-refractivity contribution in [2.24, 2.45) is 27.6 Å². The normalized spacial score (nSPS) is 25.0. The minimum Gasteiger partial charge on any atom is -0.443 e. The van der Waals surface area contributed by atoms with Gasteiger partial charge in [0, 0.05) is 55.8 Å². The van der Waals surface area contributed by atoms with Crippen LogP contribution in [-0.2, 0) is 39.4 Å². The molecule has 28 heteroatoms. The number of nitrogens with two attached hydrogens (primary N) is 1. The molecule has 0 radical (unpaired) electrons. The molecule has 462 valence electrons. The number of nitrogens with zero attached hydrogens (tertiary/aromatic N) is 9. The number of carbonyl (C=O) groups is 3. The lowest BCUT2D eigenvalue weighted by Crippen LogP contribution is -2.48. The van der Waals surface area contributed by atoms with Crippen molar-refractivity contribution in [2.45, 2.75) is 138 Å². The molecule has 2 aliphatic carbocycles. The first-order chi connectivity index (χ1) is 40.6. The summed E-state index contributed by atoms with van der Waals surface area (Å²) in [5.41, 5.74) is 3.54. The number of fused-ring (bicyclic) bond motifs is 2. The van der Waals surface area contributed by atoms with Gasteiger partial charge in [-0.1, -0.05) is 74.5 Å². The molecule has 3 fully saturated rings. The third-order valence-corrected chi connectivity index (χ3v) is 20.7. The van der Waals surface area contributed by atoms with Crippen LogP contribution in [0, 0.1) is 36.6 Å². The molecule has 4 aromatic rings. The van der Waals surface area contributed by atoms with Crippen molar-refractivity contribution in [3.63, 3.8) is 0 Å². The summed E-state index contributed by atoms with van der Waals surface area (Å²) < 4.78 is 82.0. The number of thioether (sulfide) groups is 2. The third kappa shape index (κ3) is 14.9.